The van der Waals surface area contributed by atoms with E-state index >= 15 is 0 Å². The molecule has 3 nitrogen and oxygen atoms in total. The van der Waals surface area contributed by atoms with Gasteiger partial charge in [-0.15, -0.1) is 6.58 Å². The molecule has 0 radical (unpaired) electrons. The van der Waals surface area contributed by atoms with Crippen molar-refractivity contribution in [2.24, 2.45) is 4.99 Å². The molecule has 0 aliphatic rings. The van der Waals surface area contributed by atoms with Crippen LogP contribution in [0.1, 0.15) is 12.0 Å². The molecular weight excluding hydrogens is 323 g/mol. The second kappa shape index (κ2) is 7.36. The van der Waals surface area contributed by atoms with Crippen molar-refractivity contribution >= 4 is 27.5 Å². The number of rotatable bonds is 5. The molecular formula is C19H17FN2OS. The molecule has 1 amide bonds. The highest BCUT2D eigenvalue weighted by Gasteiger charge is 2.08. The minimum atomic E-state index is -0.295. The Hall–Kier alpha value is -2.53. The standard InChI is InChI=1S/C19H17FN2OS/c1-2-12-22-16-10-9-15(20)13-17(16)24-19(22)21-18(23)11-8-14-6-4-3-5-7-14/h2-7,9-10,13H,1,8,11-12H2. The van der Waals surface area contributed by atoms with Crippen LogP contribution in [0, 0.1) is 5.82 Å². The molecule has 0 aliphatic carbocycles. The van der Waals surface area contributed by atoms with E-state index in [0.717, 1.165) is 15.8 Å². The maximum Gasteiger partial charge on any atom is 0.248 e. The fourth-order valence-corrected chi connectivity index (χ4v) is 3.58. The van der Waals surface area contributed by atoms with E-state index in [9.17, 15) is 9.18 Å². The van der Waals surface area contributed by atoms with Gasteiger partial charge in [0.05, 0.1) is 10.2 Å². The molecule has 0 atom stereocenters. The van der Waals surface area contributed by atoms with Gasteiger partial charge in [-0.25, -0.2) is 4.39 Å². The molecule has 0 fully saturated rings. The summed E-state index contributed by atoms with van der Waals surface area (Å²) >= 11 is 1.32. The third-order valence-corrected chi connectivity index (χ3v) is 4.69. The van der Waals surface area contributed by atoms with Gasteiger partial charge in [0.15, 0.2) is 4.80 Å². The van der Waals surface area contributed by atoms with Gasteiger partial charge in [-0.3, -0.25) is 4.79 Å². The molecule has 1 heterocycles. The number of benzene rings is 2. The summed E-state index contributed by atoms with van der Waals surface area (Å²) in [5.41, 5.74) is 1.97. The molecule has 1 aromatic heterocycles. The van der Waals surface area contributed by atoms with Crippen LogP contribution >= 0.6 is 11.3 Å². The van der Waals surface area contributed by atoms with Gasteiger partial charge in [-0.05, 0) is 30.2 Å². The predicted molar refractivity (Wildman–Crippen MR) is 95.3 cm³/mol. The molecule has 122 valence electrons. The summed E-state index contributed by atoms with van der Waals surface area (Å²) in [6.07, 6.45) is 2.74. The highest BCUT2D eigenvalue weighted by atomic mass is 32.1. The van der Waals surface area contributed by atoms with Gasteiger partial charge in [0.25, 0.3) is 0 Å². The number of hydrogen-bond donors (Lipinski definition) is 0. The smallest absolute Gasteiger partial charge is 0.248 e. The molecule has 0 unspecified atom stereocenters. The van der Waals surface area contributed by atoms with Crippen LogP contribution < -0.4 is 4.80 Å². The van der Waals surface area contributed by atoms with Crippen molar-refractivity contribution in [3.05, 3.63) is 77.4 Å². The fraction of sp³-hybridized carbons (Fsp3) is 0.158. The Morgan fingerprint density at radius 2 is 2.04 bits per heavy atom. The summed E-state index contributed by atoms with van der Waals surface area (Å²) in [5, 5.41) is 0. The average Bonchev–Trinajstić information content (AvgIpc) is 2.91. The Morgan fingerprint density at radius 1 is 1.25 bits per heavy atom. The van der Waals surface area contributed by atoms with Crippen LogP contribution in [0.5, 0.6) is 0 Å². The number of amides is 1. The summed E-state index contributed by atoms with van der Waals surface area (Å²) in [4.78, 5) is 17.0. The van der Waals surface area contributed by atoms with Crippen molar-refractivity contribution in [1.29, 1.82) is 0 Å². The third kappa shape index (κ3) is 3.68. The number of fused-ring (bicyclic) bond motifs is 1. The zero-order valence-electron chi connectivity index (χ0n) is 13.1. The van der Waals surface area contributed by atoms with Gasteiger partial charge < -0.3 is 4.57 Å². The number of nitrogens with zero attached hydrogens (tertiary/aromatic N) is 2. The van der Waals surface area contributed by atoms with Crippen LogP contribution in [-0.2, 0) is 17.8 Å². The molecule has 0 N–H and O–H groups in total. The second-order valence-corrected chi connectivity index (χ2v) is 6.40. The van der Waals surface area contributed by atoms with Gasteiger partial charge in [0.1, 0.15) is 5.82 Å². The van der Waals surface area contributed by atoms with Crippen LogP contribution in [-0.4, -0.2) is 10.5 Å². The molecule has 3 aromatic rings. The highest BCUT2D eigenvalue weighted by Crippen LogP contribution is 2.18. The topological polar surface area (TPSA) is 34.4 Å². The van der Waals surface area contributed by atoms with E-state index in [4.69, 9.17) is 0 Å². The number of allylic oxidation sites excluding steroid dienone is 1. The van der Waals surface area contributed by atoms with E-state index < -0.39 is 0 Å². The molecule has 5 heteroatoms. The maximum absolute atomic E-state index is 13.4. The lowest BCUT2D eigenvalue weighted by Gasteiger charge is -2.01. The molecule has 0 spiro atoms. The minimum Gasteiger partial charge on any atom is -0.313 e. The Kier molecular flexibility index (Phi) is 5.01. The molecule has 0 saturated heterocycles. The number of hydrogen-bond acceptors (Lipinski definition) is 2. The summed E-state index contributed by atoms with van der Waals surface area (Å²) in [6.45, 7) is 4.26. The third-order valence-electron chi connectivity index (χ3n) is 3.65. The van der Waals surface area contributed by atoms with Crippen molar-refractivity contribution in [1.82, 2.24) is 4.57 Å². The van der Waals surface area contributed by atoms with Crippen molar-refractivity contribution in [3.63, 3.8) is 0 Å². The quantitative estimate of drug-likeness (QED) is 0.644. The van der Waals surface area contributed by atoms with E-state index in [1.165, 1.54) is 23.5 Å². The van der Waals surface area contributed by atoms with Crippen LogP contribution in [0.4, 0.5) is 4.39 Å². The largest absolute Gasteiger partial charge is 0.313 e. The second-order valence-electron chi connectivity index (χ2n) is 5.39. The SMILES string of the molecule is C=CCn1c(=NC(=O)CCc2ccccc2)sc2cc(F)ccc21. The Bertz CT molecular complexity index is 941. The van der Waals surface area contributed by atoms with Crippen molar-refractivity contribution in [2.45, 2.75) is 19.4 Å². The van der Waals surface area contributed by atoms with Crippen molar-refractivity contribution in [3.8, 4) is 0 Å². The first-order valence-electron chi connectivity index (χ1n) is 7.68. The number of thiazole rings is 1. The number of aryl methyl sites for hydroxylation is 1. The van der Waals surface area contributed by atoms with E-state index in [0.29, 0.717) is 24.2 Å². The average molecular weight is 340 g/mol. The van der Waals surface area contributed by atoms with E-state index in [1.807, 2.05) is 34.9 Å². The first kappa shape index (κ1) is 16.3. The summed E-state index contributed by atoms with van der Waals surface area (Å²) in [7, 11) is 0. The lowest BCUT2D eigenvalue weighted by Crippen LogP contribution is -2.16. The minimum absolute atomic E-state index is 0.177. The predicted octanol–water partition coefficient (Wildman–Crippen LogP) is 4.09. The van der Waals surface area contributed by atoms with Crippen molar-refractivity contribution in [2.75, 3.05) is 0 Å². The van der Waals surface area contributed by atoms with Gasteiger partial charge in [0.2, 0.25) is 5.91 Å². The van der Waals surface area contributed by atoms with E-state index in [1.54, 1.807) is 12.1 Å². The van der Waals surface area contributed by atoms with Crippen LogP contribution in [0.3, 0.4) is 0 Å². The number of carbonyl (C=O) groups is 1. The normalized spacial score (nSPS) is 11.8. The van der Waals surface area contributed by atoms with E-state index in [2.05, 4.69) is 11.6 Å². The fourth-order valence-electron chi connectivity index (χ4n) is 2.50. The molecule has 0 aliphatic heterocycles. The Labute approximate surface area is 143 Å². The zero-order valence-corrected chi connectivity index (χ0v) is 13.9. The maximum atomic E-state index is 13.4. The number of carbonyl (C=O) groups excluding carboxylic acids is 1. The summed E-state index contributed by atoms with van der Waals surface area (Å²) < 4.78 is 16.1. The monoisotopic (exact) mass is 340 g/mol. The van der Waals surface area contributed by atoms with Crippen LogP contribution in [0.2, 0.25) is 0 Å². The van der Waals surface area contributed by atoms with Crippen LogP contribution in [0.25, 0.3) is 10.2 Å². The number of halogens is 1. The first-order valence-corrected chi connectivity index (χ1v) is 8.50. The lowest BCUT2D eigenvalue weighted by atomic mass is 10.1. The van der Waals surface area contributed by atoms with Gasteiger partial charge in [-0.1, -0.05) is 47.7 Å². The lowest BCUT2D eigenvalue weighted by molar-refractivity contribution is -0.118. The summed E-state index contributed by atoms with van der Waals surface area (Å²) in [5.74, 6) is -0.472. The van der Waals surface area contributed by atoms with Crippen LogP contribution in [0.15, 0.2) is 66.2 Å². The summed E-state index contributed by atoms with van der Waals surface area (Å²) in [6, 6.07) is 14.4. The van der Waals surface area contributed by atoms with Gasteiger partial charge >= 0.3 is 0 Å². The van der Waals surface area contributed by atoms with Crippen molar-refractivity contribution < 1.29 is 9.18 Å². The zero-order chi connectivity index (χ0) is 16.9. The Balaban J connectivity index is 1.89. The molecule has 3 rings (SSSR count). The highest BCUT2D eigenvalue weighted by molar-refractivity contribution is 7.16. The first-order chi connectivity index (χ1) is 11.7. The van der Waals surface area contributed by atoms with Gasteiger partial charge in [-0.2, -0.15) is 4.99 Å². The van der Waals surface area contributed by atoms with E-state index in [-0.39, 0.29) is 11.7 Å². The number of aromatic nitrogens is 1. The molecule has 0 bridgehead atoms. The molecule has 0 saturated carbocycles. The Morgan fingerprint density at radius 3 is 2.79 bits per heavy atom. The molecule has 2 aromatic carbocycles. The van der Waals surface area contributed by atoms with Gasteiger partial charge in [0, 0.05) is 13.0 Å². The molecule has 24 heavy (non-hydrogen) atoms.